The van der Waals surface area contributed by atoms with Gasteiger partial charge < -0.3 is 25.2 Å². The summed E-state index contributed by atoms with van der Waals surface area (Å²) in [6.45, 7) is 3.45. The number of carbonyl (C=O) groups is 7. The molecule has 7 amide bonds. The number of hydrogen-bond acceptors (Lipinski definition) is 13. The first-order chi connectivity index (χ1) is 31.0. The molecule has 336 valence electrons. The van der Waals surface area contributed by atoms with Gasteiger partial charge >= 0.3 is 0 Å². The fourth-order valence-corrected chi connectivity index (χ4v) is 8.58. The number of piperidine rings is 1. The van der Waals surface area contributed by atoms with Gasteiger partial charge in [0.05, 0.1) is 16.8 Å². The summed E-state index contributed by atoms with van der Waals surface area (Å²) in [7, 11) is 2.01. The number of imide groups is 2. The lowest BCUT2D eigenvalue weighted by Gasteiger charge is -2.32. The number of fused-ring (bicyclic) bond motifs is 1. The van der Waals surface area contributed by atoms with Gasteiger partial charge in [-0.15, -0.1) is 11.3 Å². The summed E-state index contributed by atoms with van der Waals surface area (Å²) in [5, 5.41) is 13.4. The van der Waals surface area contributed by atoms with E-state index in [1.807, 2.05) is 25.2 Å². The molecule has 0 aliphatic carbocycles. The topological polar surface area (TPSA) is 212 Å². The van der Waals surface area contributed by atoms with Crippen LogP contribution in [0.5, 0.6) is 5.75 Å². The molecule has 2 aromatic carbocycles. The minimum atomic E-state index is -1.000. The van der Waals surface area contributed by atoms with Gasteiger partial charge in [-0.2, -0.15) is 0 Å². The number of likely N-dealkylation sites (N-methyl/N-ethyl adjacent to an activating group) is 1. The monoisotopic (exact) mass is 891 g/mol. The van der Waals surface area contributed by atoms with E-state index in [-0.39, 0.29) is 53.7 Å². The molecule has 5 heterocycles. The van der Waals surface area contributed by atoms with Crippen molar-refractivity contribution in [1.29, 1.82) is 0 Å². The molecule has 3 aliphatic heterocycles. The summed E-state index contributed by atoms with van der Waals surface area (Å²) in [4.78, 5) is 104. The molecular formula is C46H53N9O8S. The number of hydrogen-bond donors (Lipinski definition) is 4. The van der Waals surface area contributed by atoms with Gasteiger partial charge in [-0.05, 0) is 68.8 Å². The first-order valence-corrected chi connectivity index (χ1v) is 22.7. The Hall–Kier alpha value is -6.53. The number of carbonyl (C=O) groups excluding carboxylic acids is 7. The lowest BCUT2D eigenvalue weighted by molar-refractivity contribution is -0.136. The Morgan fingerprint density at radius 3 is 2.30 bits per heavy atom. The fraction of sp³-hybridized carbons (Fsp3) is 0.413. The molecule has 0 radical (unpaired) electrons. The van der Waals surface area contributed by atoms with Crippen LogP contribution in [0.3, 0.4) is 0 Å². The number of amides is 7. The lowest BCUT2D eigenvalue weighted by atomic mass is 10.0. The van der Waals surface area contributed by atoms with E-state index in [9.17, 15) is 33.6 Å². The van der Waals surface area contributed by atoms with Gasteiger partial charge in [0.2, 0.25) is 11.8 Å². The van der Waals surface area contributed by atoms with Gasteiger partial charge in [0.1, 0.15) is 17.5 Å². The summed E-state index contributed by atoms with van der Waals surface area (Å²) in [5.74, 6) is -2.84. The standard InChI is InChI=1S/C46H53N9O8S/c1-53-21-23-54(24-22-53)43(60)31-25-30(41(58)52-46-50-36(29-64-46)34-14-8-11-19-47-34)26-32(27-31)63-28-39(57)49-20-10-7-5-3-2-4-6-9-18-48-35-15-12-13-33-40(35)45(62)55(44(33)61)37-16-17-38(56)51-42(37)59/h8,11-15,19,25-27,29,37,48H,2-7,9-10,16-18,20-24,28H2,1H3,(H,49,57)(H,50,52,58)(H,51,56,59). The molecule has 3 aliphatic rings. The second-order valence-corrected chi connectivity index (χ2v) is 17.0. The normalized spacial score (nSPS) is 16.4. The van der Waals surface area contributed by atoms with E-state index in [1.54, 1.807) is 46.8 Å². The maximum Gasteiger partial charge on any atom is 0.264 e. The number of benzene rings is 2. The molecular weight excluding hydrogens is 839 g/mol. The number of ether oxygens (including phenoxy) is 1. The van der Waals surface area contributed by atoms with Crippen molar-refractivity contribution in [1.82, 2.24) is 35.3 Å². The van der Waals surface area contributed by atoms with Crippen molar-refractivity contribution in [3.63, 3.8) is 0 Å². The highest BCUT2D eigenvalue weighted by Gasteiger charge is 2.45. The molecule has 2 fully saturated rings. The minimum absolute atomic E-state index is 0.0715. The molecule has 17 nitrogen and oxygen atoms in total. The molecule has 1 atom stereocenters. The number of pyridine rings is 1. The molecule has 0 bridgehead atoms. The summed E-state index contributed by atoms with van der Waals surface area (Å²) in [5.41, 5.74) is 2.89. The molecule has 4 N–H and O–H groups in total. The maximum absolute atomic E-state index is 13.6. The molecule has 0 saturated carbocycles. The number of unbranched alkanes of at least 4 members (excludes halogenated alkanes) is 7. The largest absolute Gasteiger partial charge is 0.484 e. The van der Waals surface area contributed by atoms with E-state index in [1.165, 1.54) is 17.4 Å². The molecule has 0 spiro atoms. The zero-order valence-electron chi connectivity index (χ0n) is 35.9. The van der Waals surface area contributed by atoms with E-state index in [4.69, 9.17) is 4.74 Å². The van der Waals surface area contributed by atoms with Crippen LogP contribution in [-0.4, -0.2) is 125 Å². The number of aromatic nitrogens is 2. The van der Waals surface area contributed by atoms with Gasteiger partial charge in [0.15, 0.2) is 11.7 Å². The quantitative estimate of drug-likeness (QED) is 0.0684. The van der Waals surface area contributed by atoms with E-state index in [0.29, 0.717) is 53.9 Å². The summed E-state index contributed by atoms with van der Waals surface area (Å²) in [6, 6.07) is 14.2. The highest BCUT2D eigenvalue weighted by atomic mass is 32.1. The molecule has 1 unspecified atom stereocenters. The zero-order valence-corrected chi connectivity index (χ0v) is 36.7. The van der Waals surface area contributed by atoms with Crippen LogP contribution >= 0.6 is 11.3 Å². The highest BCUT2D eigenvalue weighted by molar-refractivity contribution is 7.14. The number of piperazine rings is 1. The van der Waals surface area contributed by atoms with Gasteiger partial charge in [0, 0.05) is 74.1 Å². The Morgan fingerprint density at radius 2 is 1.56 bits per heavy atom. The Balaban J connectivity index is 0.793. The third kappa shape index (κ3) is 11.5. The van der Waals surface area contributed by atoms with E-state index in [0.717, 1.165) is 69.4 Å². The first-order valence-electron chi connectivity index (χ1n) is 21.8. The van der Waals surface area contributed by atoms with Crippen LogP contribution in [0.15, 0.2) is 66.2 Å². The van der Waals surface area contributed by atoms with Crippen LogP contribution in [-0.2, 0) is 14.4 Å². The molecule has 64 heavy (non-hydrogen) atoms. The van der Waals surface area contributed by atoms with Gasteiger partial charge in [-0.1, -0.05) is 50.7 Å². The first kappa shape index (κ1) is 45.5. The van der Waals surface area contributed by atoms with Gasteiger partial charge in [-0.3, -0.25) is 54.1 Å². The van der Waals surface area contributed by atoms with Crippen molar-refractivity contribution >= 4 is 63.5 Å². The predicted molar refractivity (Wildman–Crippen MR) is 240 cm³/mol. The summed E-state index contributed by atoms with van der Waals surface area (Å²) < 4.78 is 5.85. The number of nitrogens with one attached hydrogen (secondary N) is 4. The minimum Gasteiger partial charge on any atom is -0.484 e. The third-order valence-electron chi connectivity index (χ3n) is 11.4. The average Bonchev–Trinajstić information content (AvgIpc) is 3.87. The molecule has 7 rings (SSSR count). The van der Waals surface area contributed by atoms with Gasteiger partial charge in [0.25, 0.3) is 29.5 Å². The predicted octanol–water partition coefficient (Wildman–Crippen LogP) is 4.97. The zero-order chi connectivity index (χ0) is 45.0. The van der Waals surface area contributed by atoms with Crippen LogP contribution in [0, 0.1) is 0 Å². The molecule has 18 heteroatoms. The highest BCUT2D eigenvalue weighted by Crippen LogP contribution is 2.33. The smallest absolute Gasteiger partial charge is 0.264 e. The van der Waals surface area contributed by atoms with Crippen molar-refractivity contribution in [2.75, 3.05) is 63.6 Å². The molecule has 2 saturated heterocycles. The number of nitrogens with zero attached hydrogens (tertiary/aromatic N) is 5. The SMILES string of the molecule is CN1CCN(C(=O)c2cc(OCC(=O)NCCCCCCCCCCNc3cccc4c3C(=O)N(C3CCC(=O)NC3=O)C4=O)cc(C(=O)Nc3nc(-c4ccccn4)cs3)c2)CC1. The Labute approximate surface area is 375 Å². The van der Waals surface area contributed by atoms with E-state index < -0.39 is 35.6 Å². The Bertz CT molecular complexity index is 2370. The number of rotatable bonds is 20. The van der Waals surface area contributed by atoms with Crippen LogP contribution in [0.4, 0.5) is 10.8 Å². The lowest BCUT2D eigenvalue weighted by Crippen LogP contribution is -2.54. The molecule has 2 aromatic heterocycles. The summed E-state index contributed by atoms with van der Waals surface area (Å²) in [6.07, 6.45) is 9.72. The average molecular weight is 892 g/mol. The number of thiazole rings is 1. The maximum atomic E-state index is 13.6. The van der Waals surface area contributed by atoms with Crippen LogP contribution in [0.2, 0.25) is 0 Å². The fourth-order valence-electron chi connectivity index (χ4n) is 7.89. The van der Waals surface area contributed by atoms with Gasteiger partial charge in [-0.25, -0.2) is 4.98 Å². The number of anilines is 2. The second kappa shape index (κ2) is 21.7. The Morgan fingerprint density at radius 1 is 0.828 bits per heavy atom. The van der Waals surface area contributed by atoms with Crippen LogP contribution in [0.1, 0.15) is 106 Å². The summed E-state index contributed by atoms with van der Waals surface area (Å²) >= 11 is 1.26. The second-order valence-electron chi connectivity index (χ2n) is 16.1. The van der Waals surface area contributed by atoms with Crippen molar-refractivity contribution in [3.8, 4) is 17.1 Å². The van der Waals surface area contributed by atoms with E-state index >= 15 is 0 Å². The third-order valence-corrected chi connectivity index (χ3v) is 12.2. The van der Waals surface area contributed by atoms with Crippen molar-refractivity contribution in [2.24, 2.45) is 0 Å². The van der Waals surface area contributed by atoms with Crippen LogP contribution in [0.25, 0.3) is 11.4 Å². The van der Waals surface area contributed by atoms with Crippen molar-refractivity contribution in [2.45, 2.75) is 70.3 Å². The van der Waals surface area contributed by atoms with Crippen LogP contribution < -0.4 is 26.0 Å². The van der Waals surface area contributed by atoms with E-state index in [2.05, 4.69) is 36.1 Å². The van der Waals surface area contributed by atoms with Crippen molar-refractivity contribution in [3.05, 3.63) is 88.4 Å². The molecule has 4 aromatic rings. The Kier molecular flexibility index (Phi) is 15.4. The van der Waals surface area contributed by atoms with Crippen molar-refractivity contribution < 1.29 is 38.3 Å².